The Morgan fingerprint density at radius 2 is 1.59 bits per heavy atom. The molecule has 2 amide bonds. The summed E-state index contributed by atoms with van der Waals surface area (Å²) in [6, 6.07) is 17.5. The van der Waals surface area contributed by atoms with Crippen LogP contribution in [0.2, 0.25) is 0 Å². The van der Waals surface area contributed by atoms with Crippen molar-refractivity contribution in [3.05, 3.63) is 71.8 Å². The van der Waals surface area contributed by atoms with Crippen LogP contribution in [0, 0.1) is 0 Å². The summed E-state index contributed by atoms with van der Waals surface area (Å²) in [6.45, 7) is 0.421. The van der Waals surface area contributed by atoms with Crippen LogP contribution in [0.25, 0.3) is 0 Å². The summed E-state index contributed by atoms with van der Waals surface area (Å²) >= 11 is 0. The Hall–Kier alpha value is -2.82. The Labute approximate surface area is 129 Å². The number of benzene rings is 2. The number of carbonyl (C=O) groups is 2. The molecule has 0 saturated heterocycles. The zero-order valence-electron chi connectivity index (χ0n) is 12.3. The van der Waals surface area contributed by atoms with Crippen molar-refractivity contribution in [3.63, 3.8) is 0 Å². The fourth-order valence-electron chi connectivity index (χ4n) is 2.21. The van der Waals surface area contributed by atoms with E-state index in [0.29, 0.717) is 12.1 Å². The lowest BCUT2D eigenvalue weighted by Gasteiger charge is -2.24. The first-order valence-corrected chi connectivity index (χ1v) is 6.91. The summed E-state index contributed by atoms with van der Waals surface area (Å²) in [5, 5.41) is 11.3. The zero-order chi connectivity index (χ0) is 15.9. The molecular formula is C17H18N2O3. The maximum Gasteiger partial charge on any atom is 0.405 e. The van der Waals surface area contributed by atoms with Crippen molar-refractivity contribution in [3.8, 4) is 0 Å². The van der Waals surface area contributed by atoms with Crippen LogP contribution >= 0.6 is 0 Å². The van der Waals surface area contributed by atoms with Crippen molar-refractivity contribution in [2.24, 2.45) is 0 Å². The number of rotatable bonds is 5. The summed E-state index contributed by atoms with van der Waals surface area (Å²) in [5.74, 6) is -0.294. The van der Waals surface area contributed by atoms with Crippen LogP contribution in [0.4, 0.5) is 4.79 Å². The van der Waals surface area contributed by atoms with Gasteiger partial charge in [0.15, 0.2) is 0 Å². The third-order valence-corrected chi connectivity index (χ3v) is 3.29. The van der Waals surface area contributed by atoms with E-state index in [2.05, 4.69) is 5.32 Å². The van der Waals surface area contributed by atoms with Gasteiger partial charge in [-0.15, -0.1) is 0 Å². The Morgan fingerprint density at radius 1 is 1.05 bits per heavy atom. The monoisotopic (exact) mass is 298 g/mol. The van der Waals surface area contributed by atoms with Gasteiger partial charge in [-0.2, -0.15) is 0 Å². The fraction of sp³-hybridized carbons (Fsp3) is 0.176. The van der Waals surface area contributed by atoms with Crippen LogP contribution in [-0.4, -0.2) is 29.1 Å². The molecule has 2 rings (SSSR count). The second kappa shape index (κ2) is 7.26. The predicted molar refractivity (Wildman–Crippen MR) is 83.3 cm³/mol. The maximum atomic E-state index is 12.6. The smallest absolute Gasteiger partial charge is 0.405 e. The molecule has 0 heterocycles. The van der Waals surface area contributed by atoms with Crippen LogP contribution in [0.3, 0.4) is 0 Å². The molecule has 2 N–H and O–H groups in total. The molecule has 5 nitrogen and oxygen atoms in total. The second-order valence-electron chi connectivity index (χ2n) is 4.97. The van der Waals surface area contributed by atoms with E-state index < -0.39 is 12.1 Å². The van der Waals surface area contributed by atoms with Gasteiger partial charge in [-0.25, -0.2) is 4.79 Å². The highest BCUT2D eigenvalue weighted by Crippen LogP contribution is 2.16. The Morgan fingerprint density at radius 3 is 2.14 bits per heavy atom. The Kier molecular flexibility index (Phi) is 5.14. The van der Waals surface area contributed by atoms with Gasteiger partial charge in [0, 0.05) is 13.6 Å². The van der Waals surface area contributed by atoms with Crippen LogP contribution in [0.1, 0.15) is 17.2 Å². The molecule has 5 heteroatoms. The number of carbonyl (C=O) groups excluding carboxylic acids is 1. The van der Waals surface area contributed by atoms with Crippen molar-refractivity contribution in [2.75, 3.05) is 7.05 Å². The van der Waals surface area contributed by atoms with Gasteiger partial charge in [-0.1, -0.05) is 60.7 Å². The molecule has 0 spiro atoms. The van der Waals surface area contributed by atoms with Crippen molar-refractivity contribution in [2.45, 2.75) is 12.6 Å². The number of amides is 2. The Balaban J connectivity index is 2.16. The van der Waals surface area contributed by atoms with E-state index in [1.165, 1.54) is 4.90 Å². The summed E-state index contributed by atoms with van der Waals surface area (Å²) in [4.78, 5) is 25.1. The van der Waals surface area contributed by atoms with Gasteiger partial charge < -0.3 is 15.3 Å². The van der Waals surface area contributed by atoms with Gasteiger partial charge in [0.1, 0.15) is 6.04 Å². The van der Waals surface area contributed by atoms with Crippen molar-refractivity contribution in [1.82, 2.24) is 10.2 Å². The van der Waals surface area contributed by atoms with Gasteiger partial charge in [0.2, 0.25) is 5.91 Å². The standard InChI is InChI=1S/C17H18N2O3/c1-19(12-13-8-4-2-5-9-13)16(20)15(18-17(21)22)14-10-6-3-7-11-14/h2-11,15,18H,12H2,1H3,(H,21,22). The van der Waals surface area contributed by atoms with E-state index in [9.17, 15) is 9.59 Å². The molecule has 2 aromatic carbocycles. The van der Waals surface area contributed by atoms with Crippen molar-refractivity contribution in [1.29, 1.82) is 0 Å². The molecule has 0 saturated carbocycles. The van der Waals surface area contributed by atoms with Crippen LogP contribution in [-0.2, 0) is 11.3 Å². The summed E-state index contributed by atoms with van der Waals surface area (Å²) in [7, 11) is 1.66. The number of hydrogen-bond acceptors (Lipinski definition) is 2. The first-order valence-electron chi connectivity index (χ1n) is 6.91. The highest BCUT2D eigenvalue weighted by atomic mass is 16.4. The van der Waals surface area contributed by atoms with E-state index in [1.54, 1.807) is 31.3 Å². The lowest BCUT2D eigenvalue weighted by molar-refractivity contribution is -0.132. The topological polar surface area (TPSA) is 69.6 Å². The number of nitrogens with one attached hydrogen (secondary N) is 1. The number of hydrogen-bond donors (Lipinski definition) is 2. The zero-order valence-corrected chi connectivity index (χ0v) is 12.3. The van der Waals surface area contributed by atoms with Crippen LogP contribution in [0.15, 0.2) is 60.7 Å². The fourth-order valence-corrected chi connectivity index (χ4v) is 2.21. The molecule has 2 aromatic rings. The van der Waals surface area contributed by atoms with Gasteiger partial charge >= 0.3 is 6.09 Å². The first-order chi connectivity index (χ1) is 10.6. The highest BCUT2D eigenvalue weighted by molar-refractivity contribution is 5.86. The van der Waals surface area contributed by atoms with E-state index in [4.69, 9.17) is 5.11 Å². The summed E-state index contributed by atoms with van der Waals surface area (Å²) in [5.41, 5.74) is 1.61. The van der Waals surface area contributed by atoms with Gasteiger partial charge in [-0.05, 0) is 11.1 Å². The molecular weight excluding hydrogens is 280 g/mol. The normalized spacial score (nSPS) is 11.5. The average molecular weight is 298 g/mol. The SMILES string of the molecule is CN(Cc1ccccc1)C(=O)C(NC(=O)O)c1ccccc1. The third kappa shape index (κ3) is 4.09. The van der Waals surface area contributed by atoms with Crippen molar-refractivity contribution >= 4 is 12.0 Å². The molecule has 0 aliphatic carbocycles. The molecule has 114 valence electrons. The second-order valence-corrected chi connectivity index (χ2v) is 4.97. The van der Waals surface area contributed by atoms with E-state index in [1.807, 2.05) is 36.4 Å². The number of nitrogens with zero attached hydrogens (tertiary/aromatic N) is 1. The molecule has 0 fully saturated rings. The predicted octanol–water partition coefficient (Wildman–Crippen LogP) is 2.65. The van der Waals surface area contributed by atoms with Gasteiger partial charge in [0.25, 0.3) is 0 Å². The molecule has 0 aliphatic heterocycles. The molecule has 0 aromatic heterocycles. The summed E-state index contributed by atoms with van der Waals surface area (Å²) < 4.78 is 0. The van der Waals surface area contributed by atoms with Crippen LogP contribution in [0.5, 0.6) is 0 Å². The number of carboxylic acid groups (broad SMARTS) is 1. The van der Waals surface area contributed by atoms with E-state index in [0.717, 1.165) is 5.56 Å². The first kappa shape index (κ1) is 15.6. The minimum atomic E-state index is -1.23. The summed E-state index contributed by atoms with van der Waals surface area (Å²) in [6.07, 6.45) is -1.23. The minimum absolute atomic E-state index is 0.294. The Bertz CT molecular complexity index is 629. The van der Waals surface area contributed by atoms with E-state index >= 15 is 0 Å². The lowest BCUT2D eigenvalue weighted by Crippen LogP contribution is -2.40. The molecule has 0 aliphatic rings. The molecule has 1 atom stereocenters. The third-order valence-electron chi connectivity index (χ3n) is 3.29. The average Bonchev–Trinajstić information content (AvgIpc) is 2.53. The number of likely N-dealkylation sites (N-methyl/N-ethyl adjacent to an activating group) is 1. The van der Waals surface area contributed by atoms with Gasteiger partial charge in [0.05, 0.1) is 0 Å². The lowest BCUT2D eigenvalue weighted by atomic mass is 10.1. The highest BCUT2D eigenvalue weighted by Gasteiger charge is 2.25. The maximum absolute atomic E-state index is 12.6. The minimum Gasteiger partial charge on any atom is -0.465 e. The molecule has 22 heavy (non-hydrogen) atoms. The van der Waals surface area contributed by atoms with Gasteiger partial charge in [-0.3, -0.25) is 4.79 Å². The molecule has 0 bridgehead atoms. The van der Waals surface area contributed by atoms with Crippen molar-refractivity contribution < 1.29 is 14.7 Å². The van der Waals surface area contributed by atoms with Crippen LogP contribution < -0.4 is 5.32 Å². The largest absolute Gasteiger partial charge is 0.465 e. The quantitative estimate of drug-likeness (QED) is 0.891. The molecule has 0 radical (unpaired) electrons. The van der Waals surface area contributed by atoms with E-state index in [-0.39, 0.29) is 5.91 Å². The molecule has 1 unspecified atom stereocenters.